The maximum atomic E-state index is 8.96. The molecule has 1 fully saturated rings. The summed E-state index contributed by atoms with van der Waals surface area (Å²) in [6, 6.07) is 2.27. The van der Waals surface area contributed by atoms with E-state index in [0.29, 0.717) is 6.10 Å². The lowest BCUT2D eigenvalue weighted by atomic mass is 10.1. The molecule has 92 valence electrons. The van der Waals surface area contributed by atoms with Crippen molar-refractivity contribution in [3.63, 3.8) is 0 Å². The Morgan fingerprint density at radius 3 is 2.62 bits per heavy atom. The third kappa shape index (κ3) is 4.48. The third-order valence-electron chi connectivity index (χ3n) is 2.98. The fraction of sp³-hybridized carbons (Fsp3) is 0.917. The summed E-state index contributed by atoms with van der Waals surface area (Å²) in [5.74, 6) is 0. The smallest absolute Gasteiger partial charge is 0.108 e. The van der Waals surface area contributed by atoms with E-state index in [0.717, 1.165) is 45.6 Å². The van der Waals surface area contributed by atoms with Crippen LogP contribution >= 0.6 is 0 Å². The number of nitrogens with one attached hydrogen (secondary N) is 1. The minimum Gasteiger partial charge on any atom is -0.378 e. The molecule has 16 heavy (non-hydrogen) atoms. The van der Waals surface area contributed by atoms with Crippen LogP contribution in [-0.4, -0.2) is 49.8 Å². The quantitative estimate of drug-likeness (QED) is 0.732. The number of ether oxygens (including phenoxy) is 1. The Balaban J connectivity index is 2.23. The van der Waals surface area contributed by atoms with Crippen LogP contribution < -0.4 is 5.32 Å². The first-order chi connectivity index (χ1) is 7.80. The maximum Gasteiger partial charge on any atom is 0.108 e. The van der Waals surface area contributed by atoms with Gasteiger partial charge in [-0.2, -0.15) is 5.26 Å². The molecule has 1 N–H and O–H groups in total. The molecule has 4 heteroatoms. The minimum atomic E-state index is -0.0337. The molecular weight excluding hydrogens is 202 g/mol. The number of nitriles is 1. The van der Waals surface area contributed by atoms with E-state index in [2.05, 4.69) is 16.3 Å². The topological polar surface area (TPSA) is 48.3 Å². The predicted molar refractivity (Wildman–Crippen MR) is 64.2 cm³/mol. The average molecular weight is 225 g/mol. The Bertz CT molecular complexity index is 219. The monoisotopic (exact) mass is 225 g/mol. The highest BCUT2D eigenvalue weighted by Crippen LogP contribution is 2.13. The van der Waals surface area contributed by atoms with Crippen molar-refractivity contribution in [2.24, 2.45) is 0 Å². The van der Waals surface area contributed by atoms with Crippen molar-refractivity contribution in [1.29, 1.82) is 5.26 Å². The van der Waals surface area contributed by atoms with Gasteiger partial charge in [-0.15, -0.1) is 0 Å². The lowest BCUT2D eigenvalue weighted by Gasteiger charge is -2.32. The Morgan fingerprint density at radius 2 is 2.12 bits per heavy atom. The largest absolute Gasteiger partial charge is 0.378 e. The number of hydrogen-bond acceptors (Lipinski definition) is 4. The third-order valence-corrected chi connectivity index (χ3v) is 2.98. The fourth-order valence-electron chi connectivity index (χ4n) is 2.15. The van der Waals surface area contributed by atoms with E-state index in [1.165, 1.54) is 0 Å². The van der Waals surface area contributed by atoms with Gasteiger partial charge >= 0.3 is 0 Å². The highest BCUT2D eigenvalue weighted by atomic mass is 16.5. The number of piperidine rings is 1. The summed E-state index contributed by atoms with van der Waals surface area (Å²) in [5.41, 5.74) is 0. The summed E-state index contributed by atoms with van der Waals surface area (Å²) in [6.07, 6.45) is 2.62. The molecule has 0 radical (unpaired) electrons. The van der Waals surface area contributed by atoms with Gasteiger partial charge in [0, 0.05) is 26.2 Å². The lowest BCUT2D eigenvalue weighted by molar-refractivity contribution is 0.0135. The molecule has 0 aliphatic carbocycles. The first kappa shape index (κ1) is 13.4. The first-order valence-electron chi connectivity index (χ1n) is 6.27. The molecule has 0 spiro atoms. The summed E-state index contributed by atoms with van der Waals surface area (Å²) in [4.78, 5) is 2.35. The molecule has 0 aromatic rings. The second kappa shape index (κ2) is 7.61. The molecule has 4 nitrogen and oxygen atoms in total. The van der Waals surface area contributed by atoms with E-state index < -0.39 is 0 Å². The van der Waals surface area contributed by atoms with E-state index >= 15 is 0 Å². The molecule has 1 atom stereocenters. The fourth-order valence-corrected chi connectivity index (χ4v) is 2.15. The van der Waals surface area contributed by atoms with Crippen LogP contribution in [0.25, 0.3) is 0 Å². The Morgan fingerprint density at radius 1 is 1.44 bits per heavy atom. The van der Waals surface area contributed by atoms with Crippen LogP contribution in [0.4, 0.5) is 0 Å². The molecule has 0 aromatic heterocycles. The normalized spacial score (nSPS) is 20.6. The molecular formula is C12H23N3O. The van der Waals surface area contributed by atoms with Crippen LogP contribution in [0.2, 0.25) is 0 Å². The Kier molecular flexibility index (Phi) is 6.39. The van der Waals surface area contributed by atoms with Crippen LogP contribution in [-0.2, 0) is 4.74 Å². The zero-order valence-corrected chi connectivity index (χ0v) is 10.4. The van der Waals surface area contributed by atoms with Crippen molar-refractivity contribution in [3.05, 3.63) is 0 Å². The van der Waals surface area contributed by atoms with E-state index in [4.69, 9.17) is 10.00 Å². The molecule has 1 aliphatic heterocycles. The van der Waals surface area contributed by atoms with Gasteiger partial charge in [0.15, 0.2) is 0 Å². The van der Waals surface area contributed by atoms with Gasteiger partial charge < -0.3 is 15.0 Å². The molecule has 0 saturated carbocycles. The number of hydrogen-bond donors (Lipinski definition) is 1. The SMILES string of the molecule is CCNC(C#N)CN1CCC(OCC)CC1. The number of rotatable bonds is 6. The molecule has 1 unspecified atom stereocenters. The summed E-state index contributed by atoms with van der Waals surface area (Å²) in [6.45, 7) is 8.68. The van der Waals surface area contributed by atoms with Gasteiger partial charge in [-0.1, -0.05) is 6.92 Å². The zero-order valence-electron chi connectivity index (χ0n) is 10.4. The van der Waals surface area contributed by atoms with Crippen LogP contribution in [0.1, 0.15) is 26.7 Å². The zero-order chi connectivity index (χ0) is 11.8. The second-order valence-electron chi connectivity index (χ2n) is 4.19. The van der Waals surface area contributed by atoms with Crippen LogP contribution in [0.3, 0.4) is 0 Å². The molecule has 1 rings (SSSR count). The highest BCUT2D eigenvalue weighted by molar-refractivity contribution is 4.92. The van der Waals surface area contributed by atoms with E-state index in [-0.39, 0.29) is 6.04 Å². The van der Waals surface area contributed by atoms with Crippen LogP contribution in [0, 0.1) is 11.3 Å². The van der Waals surface area contributed by atoms with Gasteiger partial charge in [0.05, 0.1) is 12.2 Å². The Labute approximate surface area is 98.6 Å². The van der Waals surface area contributed by atoms with Crippen molar-refractivity contribution >= 4 is 0 Å². The van der Waals surface area contributed by atoms with Gasteiger partial charge in [0.25, 0.3) is 0 Å². The van der Waals surface area contributed by atoms with Crippen molar-refractivity contribution in [1.82, 2.24) is 10.2 Å². The van der Waals surface area contributed by atoms with Crippen molar-refractivity contribution in [2.45, 2.75) is 38.8 Å². The van der Waals surface area contributed by atoms with Gasteiger partial charge in [-0.25, -0.2) is 0 Å². The van der Waals surface area contributed by atoms with Crippen LogP contribution in [0.15, 0.2) is 0 Å². The minimum absolute atomic E-state index is 0.0337. The van der Waals surface area contributed by atoms with E-state index in [1.54, 1.807) is 0 Å². The van der Waals surface area contributed by atoms with Gasteiger partial charge in [0.1, 0.15) is 6.04 Å². The Hall–Kier alpha value is -0.630. The molecule has 1 aliphatic rings. The number of likely N-dealkylation sites (N-methyl/N-ethyl adjacent to an activating group) is 1. The number of likely N-dealkylation sites (tertiary alicyclic amines) is 1. The summed E-state index contributed by atoms with van der Waals surface area (Å²) in [7, 11) is 0. The van der Waals surface area contributed by atoms with Gasteiger partial charge in [-0.3, -0.25) is 0 Å². The van der Waals surface area contributed by atoms with Crippen LogP contribution in [0.5, 0.6) is 0 Å². The summed E-state index contributed by atoms with van der Waals surface area (Å²) < 4.78 is 5.60. The molecule has 1 saturated heterocycles. The van der Waals surface area contributed by atoms with Gasteiger partial charge in [-0.05, 0) is 26.3 Å². The first-order valence-corrected chi connectivity index (χ1v) is 6.27. The molecule has 1 heterocycles. The maximum absolute atomic E-state index is 8.96. The van der Waals surface area contributed by atoms with Gasteiger partial charge in [0.2, 0.25) is 0 Å². The standard InChI is InChI=1S/C12H23N3O/c1-3-14-11(9-13)10-15-7-5-12(6-8-15)16-4-2/h11-12,14H,3-8,10H2,1-2H3. The van der Waals surface area contributed by atoms with E-state index in [1.807, 2.05) is 13.8 Å². The lowest BCUT2D eigenvalue weighted by Crippen LogP contribution is -2.44. The van der Waals surface area contributed by atoms with Crippen molar-refractivity contribution in [3.8, 4) is 6.07 Å². The summed E-state index contributed by atoms with van der Waals surface area (Å²) in [5, 5.41) is 12.1. The average Bonchev–Trinajstić information content (AvgIpc) is 2.31. The van der Waals surface area contributed by atoms with E-state index in [9.17, 15) is 0 Å². The molecule has 0 bridgehead atoms. The summed E-state index contributed by atoms with van der Waals surface area (Å²) >= 11 is 0. The van der Waals surface area contributed by atoms with Crippen molar-refractivity contribution < 1.29 is 4.74 Å². The molecule has 0 aromatic carbocycles. The molecule has 0 amide bonds. The number of nitrogens with zero attached hydrogens (tertiary/aromatic N) is 2. The predicted octanol–water partition coefficient (Wildman–Crippen LogP) is 0.989. The second-order valence-corrected chi connectivity index (χ2v) is 4.19. The highest BCUT2D eigenvalue weighted by Gasteiger charge is 2.21. The van der Waals surface area contributed by atoms with Crippen molar-refractivity contribution in [2.75, 3.05) is 32.8 Å².